The van der Waals surface area contributed by atoms with Crippen molar-refractivity contribution in [1.82, 2.24) is 0 Å². The molecule has 15 heavy (non-hydrogen) atoms. The molecule has 0 saturated carbocycles. The molecule has 4 nitrogen and oxygen atoms in total. The summed E-state index contributed by atoms with van der Waals surface area (Å²) in [6.45, 7) is 2.25. The maximum atomic E-state index is 11.0. The van der Waals surface area contributed by atoms with Crippen molar-refractivity contribution < 1.29 is 14.7 Å². The highest BCUT2D eigenvalue weighted by Crippen LogP contribution is 2.18. The molecule has 4 heteroatoms. The highest BCUT2D eigenvalue weighted by Gasteiger charge is 2.16. The number of rotatable bonds is 4. The maximum Gasteiger partial charge on any atom is 0.411 e. The van der Waals surface area contributed by atoms with E-state index in [1.807, 2.05) is 6.92 Å². The van der Waals surface area contributed by atoms with Crippen LogP contribution in [-0.2, 0) is 4.79 Å². The van der Waals surface area contributed by atoms with Crippen LogP contribution in [0.3, 0.4) is 0 Å². The highest BCUT2D eigenvalue weighted by molar-refractivity contribution is 5.94. The summed E-state index contributed by atoms with van der Waals surface area (Å²) in [7, 11) is 0. The summed E-state index contributed by atoms with van der Waals surface area (Å²) in [5.74, 6) is 0. The first-order chi connectivity index (χ1) is 7.20. The summed E-state index contributed by atoms with van der Waals surface area (Å²) in [6.07, 6.45) is 1.37. The molecule has 0 aliphatic carbocycles. The van der Waals surface area contributed by atoms with Gasteiger partial charge in [0, 0.05) is 12.1 Å². The van der Waals surface area contributed by atoms with Crippen molar-refractivity contribution in [3.8, 4) is 0 Å². The minimum absolute atomic E-state index is 0.272. The van der Waals surface area contributed by atoms with E-state index in [0.29, 0.717) is 18.7 Å². The van der Waals surface area contributed by atoms with E-state index in [1.54, 1.807) is 30.6 Å². The van der Waals surface area contributed by atoms with Crippen LogP contribution in [0.1, 0.15) is 18.9 Å². The molecule has 1 radical (unpaired) electrons. The molecule has 0 aliphatic heterocycles. The van der Waals surface area contributed by atoms with Gasteiger partial charge in [0.2, 0.25) is 6.29 Å². The number of carbonyl (C=O) groups is 1. The smallest absolute Gasteiger partial charge is 0.411 e. The largest absolute Gasteiger partial charge is 0.465 e. The lowest BCUT2D eigenvalue weighted by molar-refractivity contribution is 0.202. The number of amides is 1. The SMILES string of the molecule is CCCN(C(=O)O)c1ccccc1[C]=O. The van der Waals surface area contributed by atoms with Crippen molar-refractivity contribution in [2.24, 2.45) is 0 Å². The first kappa shape index (κ1) is 11.2. The molecule has 0 aromatic heterocycles. The number of para-hydroxylation sites is 1. The van der Waals surface area contributed by atoms with Gasteiger partial charge in [-0.05, 0) is 18.6 Å². The molecular formula is C11H12NO3. The second-order valence-corrected chi connectivity index (χ2v) is 3.05. The molecule has 0 spiro atoms. The van der Waals surface area contributed by atoms with E-state index in [1.165, 1.54) is 0 Å². The van der Waals surface area contributed by atoms with Crippen LogP contribution in [-0.4, -0.2) is 24.0 Å². The topological polar surface area (TPSA) is 57.6 Å². The van der Waals surface area contributed by atoms with Gasteiger partial charge in [-0.3, -0.25) is 9.69 Å². The van der Waals surface area contributed by atoms with E-state index in [2.05, 4.69) is 0 Å². The summed E-state index contributed by atoms with van der Waals surface area (Å²) < 4.78 is 0. The average Bonchev–Trinajstić information content (AvgIpc) is 2.25. The number of benzene rings is 1. The maximum absolute atomic E-state index is 11.0. The lowest BCUT2D eigenvalue weighted by Gasteiger charge is -2.19. The lowest BCUT2D eigenvalue weighted by Crippen LogP contribution is -2.30. The number of carbonyl (C=O) groups excluding carboxylic acids is 1. The third kappa shape index (κ3) is 2.56. The molecule has 1 amide bonds. The molecule has 79 valence electrons. The van der Waals surface area contributed by atoms with Crippen LogP contribution in [0.4, 0.5) is 10.5 Å². The molecule has 0 heterocycles. The fourth-order valence-corrected chi connectivity index (χ4v) is 1.34. The first-order valence-electron chi connectivity index (χ1n) is 4.68. The quantitative estimate of drug-likeness (QED) is 0.820. The fourth-order valence-electron chi connectivity index (χ4n) is 1.34. The first-order valence-corrected chi connectivity index (χ1v) is 4.68. The van der Waals surface area contributed by atoms with Crippen LogP contribution in [0, 0.1) is 0 Å². The van der Waals surface area contributed by atoms with Crippen molar-refractivity contribution in [2.45, 2.75) is 13.3 Å². The average molecular weight is 206 g/mol. The fraction of sp³-hybridized carbons (Fsp3) is 0.273. The van der Waals surface area contributed by atoms with E-state index in [-0.39, 0.29) is 5.56 Å². The van der Waals surface area contributed by atoms with Crippen LogP contribution < -0.4 is 4.90 Å². The van der Waals surface area contributed by atoms with E-state index >= 15 is 0 Å². The van der Waals surface area contributed by atoms with Crippen LogP contribution in [0.5, 0.6) is 0 Å². The van der Waals surface area contributed by atoms with Gasteiger partial charge in [-0.2, -0.15) is 0 Å². The molecule has 1 N–H and O–H groups in total. The van der Waals surface area contributed by atoms with Gasteiger partial charge in [-0.1, -0.05) is 19.1 Å². The summed E-state index contributed by atoms with van der Waals surface area (Å²) in [4.78, 5) is 22.7. The minimum atomic E-state index is -1.06. The molecule has 1 aromatic carbocycles. The molecule has 0 aliphatic rings. The van der Waals surface area contributed by atoms with Gasteiger partial charge in [-0.25, -0.2) is 4.79 Å². The number of carboxylic acid groups (broad SMARTS) is 1. The predicted molar refractivity (Wildman–Crippen MR) is 56.9 cm³/mol. The number of hydrogen-bond donors (Lipinski definition) is 1. The van der Waals surface area contributed by atoms with Crippen molar-refractivity contribution >= 4 is 18.1 Å². The van der Waals surface area contributed by atoms with E-state index in [0.717, 1.165) is 4.90 Å². The monoisotopic (exact) mass is 206 g/mol. The standard InChI is InChI=1S/C11H12NO3/c1-2-7-12(11(14)15)10-6-4-3-5-9(10)8-13/h3-6H,2,7H2,1H3,(H,14,15). The van der Waals surface area contributed by atoms with Gasteiger partial charge in [0.1, 0.15) is 0 Å². The molecular weight excluding hydrogens is 194 g/mol. The van der Waals surface area contributed by atoms with Gasteiger partial charge < -0.3 is 5.11 Å². The van der Waals surface area contributed by atoms with E-state index in [9.17, 15) is 9.59 Å². The molecule has 0 bridgehead atoms. The van der Waals surface area contributed by atoms with Gasteiger partial charge in [0.25, 0.3) is 0 Å². The van der Waals surface area contributed by atoms with Crippen LogP contribution in [0.25, 0.3) is 0 Å². The Labute approximate surface area is 88.1 Å². The summed E-state index contributed by atoms with van der Waals surface area (Å²) in [5.41, 5.74) is 0.662. The molecule has 1 aromatic rings. The molecule has 0 unspecified atom stereocenters. The number of hydrogen-bond acceptors (Lipinski definition) is 2. The minimum Gasteiger partial charge on any atom is -0.465 e. The Balaban J connectivity index is 3.09. The summed E-state index contributed by atoms with van der Waals surface area (Å²) in [5, 5.41) is 8.97. The van der Waals surface area contributed by atoms with Crippen molar-refractivity contribution in [2.75, 3.05) is 11.4 Å². The third-order valence-electron chi connectivity index (χ3n) is 1.98. The van der Waals surface area contributed by atoms with Crippen LogP contribution in [0.15, 0.2) is 24.3 Å². The van der Waals surface area contributed by atoms with Crippen LogP contribution in [0.2, 0.25) is 0 Å². The Kier molecular flexibility index (Phi) is 3.85. The van der Waals surface area contributed by atoms with Gasteiger partial charge >= 0.3 is 6.09 Å². The Morgan fingerprint density at radius 3 is 2.67 bits per heavy atom. The molecule has 0 saturated heterocycles. The number of nitrogens with zero attached hydrogens (tertiary/aromatic N) is 1. The zero-order chi connectivity index (χ0) is 11.3. The molecule has 1 rings (SSSR count). The van der Waals surface area contributed by atoms with Crippen molar-refractivity contribution in [1.29, 1.82) is 0 Å². The van der Waals surface area contributed by atoms with Crippen LogP contribution >= 0.6 is 0 Å². The highest BCUT2D eigenvalue weighted by atomic mass is 16.4. The molecule has 0 fully saturated rings. The zero-order valence-corrected chi connectivity index (χ0v) is 8.43. The molecule has 0 atom stereocenters. The van der Waals surface area contributed by atoms with Gasteiger partial charge in [0.15, 0.2) is 0 Å². The lowest BCUT2D eigenvalue weighted by atomic mass is 10.2. The second-order valence-electron chi connectivity index (χ2n) is 3.05. The van der Waals surface area contributed by atoms with Crippen molar-refractivity contribution in [3.63, 3.8) is 0 Å². The zero-order valence-electron chi connectivity index (χ0n) is 8.43. The third-order valence-corrected chi connectivity index (χ3v) is 1.98. The van der Waals surface area contributed by atoms with Crippen molar-refractivity contribution in [3.05, 3.63) is 29.8 Å². The van der Waals surface area contributed by atoms with E-state index < -0.39 is 6.09 Å². The second kappa shape index (κ2) is 5.14. The normalized spacial score (nSPS) is 9.67. The Hall–Kier alpha value is -1.84. The Morgan fingerprint density at radius 1 is 1.47 bits per heavy atom. The number of anilines is 1. The predicted octanol–water partition coefficient (Wildman–Crippen LogP) is 2.04. The Bertz CT molecular complexity index is 363. The van der Waals surface area contributed by atoms with E-state index in [4.69, 9.17) is 5.11 Å². The Morgan fingerprint density at radius 2 is 2.13 bits per heavy atom. The van der Waals surface area contributed by atoms with Gasteiger partial charge in [0.05, 0.1) is 5.69 Å². The summed E-state index contributed by atoms with van der Waals surface area (Å²) >= 11 is 0. The van der Waals surface area contributed by atoms with Gasteiger partial charge in [-0.15, -0.1) is 0 Å². The summed E-state index contributed by atoms with van der Waals surface area (Å²) in [6, 6.07) is 6.52.